The zero-order chi connectivity index (χ0) is 17.6. The molecule has 0 spiro atoms. The molecular formula is C19H22BrN3O2. The number of nitrogens with zero attached hydrogens (tertiary/aromatic N) is 1. The summed E-state index contributed by atoms with van der Waals surface area (Å²) >= 11 is 3.61. The molecule has 3 rings (SSSR count). The van der Waals surface area contributed by atoms with Crippen molar-refractivity contribution in [2.45, 2.75) is 19.9 Å². The Morgan fingerprint density at radius 1 is 1.20 bits per heavy atom. The monoisotopic (exact) mass is 403 g/mol. The maximum Gasteiger partial charge on any atom is 0.162 e. The molecule has 132 valence electrons. The highest BCUT2D eigenvalue weighted by Crippen LogP contribution is 2.33. The standard InChI is InChI=1S/C19H22BrN3O2/c1-3-25-18-11-14(20)13(10-17(18)24-2)12-21-9-8-19-22-15-6-4-5-7-16(15)23-19/h4-7,10-11,21H,3,8-9,12H2,1-2H3,(H,22,23). The van der Waals surface area contributed by atoms with E-state index in [0.717, 1.165) is 57.9 Å². The Hall–Kier alpha value is -2.05. The molecule has 0 radical (unpaired) electrons. The Morgan fingerprint density at radius 3 is 2.80 bits per heavy atom. The average molecular weight is 404 g/mol. The van der Waals surface area contributed by atoms with Gasteiger partial charge in [-0.15, -0.1) is 0 Å². The maximum atomic E-state index is 5.59. The quantitative estimate of drug-likeness (QED) is 0.556. The second-order valence-corrected chi connectivity index (χ2v) is 6.51. The number of benzene rings is 2. The zero-order valence-electron chi connectivity index (χ0n) is 14.4. The van der Waals surface area contributed by atoms with Crippen LogP contribution in [-0.2, 0) is 13.0 Å². The van der Waals surface area contributed by atoms with Crippen LogP contribution >= 0.6 is 15.9 Å². The Bertz CT molecular complexity index is 815. The van der Waals surface area contributed by atoms with Gasteiger partial charge in [-0.3, -0.25) is 0 Å². The smallest absolute Gasteiger partial charge is 0.162 e. The van der Waals surface area contributed by atoms with Gasteiger partial charge < -0.3 is 19.8 Å². The van der Waals surface area contributed by atoms with Gasteiger partial charge in [0.25, 0.3) is 0 Å². The van der Waals surface area contributed by atoms with Gasteiger partial charge in [-0.2, -0.15) is 0 Å². The predicted molar refractivity (Wildman–Crippen MR) is 103 cm³/mol. The second kappa shape index (κ2) is 8.36. The number of methoxy groups -OCH3 is 1. The molecule has 0 saturated heterocycles. The number of nitrogens with one attached hydrogen (secondary N) is 2. The van der Waals surface area contributed by atoms with E-state index < -0.39 is 0 Å². The molecule has 1 heterocycles. The fourth-order valence-electron chi connectivity index (χ4n) is 2.69. The Labute approximate surface area is 155 Å². The Kier molecular flexibility index (Phi) is 5.94. The number of hydrogen-bond donors (Lipinski definition) is 2. The van der Waals surface area contributed by atoms with Crippen LogP contribution in [0.5, 0.6) is 11.5 Å². The summed E-state index contributed by atoms with van der Waals surface area (Å²) in [7, 11) is 1.66. The summed E-state index contributed by atoms with van der Waals surface area (Å²) in [5, 5.41) is 3.45. The molecule has 3 aromatic rings. The molecule has 0 aliphatic carbocycles. The first-order valence-corrected chi connectivity index (χ1v) is 9.14. The number of aromatic nitrogens is 2. The number of imidazole rings is 1. The third-order valence-electron chi connectivity index (χ3n) is 3.92. The van der Waals surface area contributed by atoms with Crippen LogP contribution in [-0.4, -0.2) is 30.2 Å². The molecule has 0 atom stereocenters. The molecule has 2 N–H and O–H groups in total. The van der Waals surface area contributed by atoms with Crippen molar-refractivity contribution in [1.29, 1.82) is 0 Å². The lowest BCUT2D eigenvalue weighted by Gasteiger charge is -2.13. The summed E-state index contributed by atoms with van der Waals surface area (Å²) < 4.78 is 12.0. The molecule has 25 heavy (non-hydrogen) atoms. The van der Waals surface area contributed by atoms with Gasteiger partial charge >= 0.3 is 0 Å². The number of fused-ring (bicyclic) bond motifs is 1. The van der Waals surface area contributed by atoms with Gasteiger partial charge in [-0.1, -0.05) is 28.1 Å². The van der Waals surface area contributed by atoms with E-state index in [2.05, 4.69) is 31.2 Å². The van der Waals surface area contributed by atoms with Gasteiger partial charge in [-0.25, -0.2) is 4.98 Å². The average Bonchev–Trinajstić information content (AvgIpc) is 3.03. The third kappa shape index (κ3) is 4.32. The van der Waals surface area contributed by atoms with Crippen molar-refractivity contribution in [2.24, 2.45) is 0 Å². The largest absolute Gasteiger partial charge is 0.493 e. The summed E-state index contributed by atoms with van der Waals surface area (Å²) in [6.07, 6.45) is 0.848. The molecule has 0 aliphatic heterocycles. The number of H-pyrrole nitrogens is 1. The van der Waals surface area contributed by atoms with Crippen molar-refractivity contribution in [3.8, 4) is 11.5 Å². The first-order valence-electron chi connectivity index (χ1n) is 8.34. The number of halogens is 1. The van der Waals surface area contributed by atoms with Crippen LogP contribution in [0.4, 0.5) is 0 Å². The Balaban J connectivity index is 1.58. The molecule has 0 unspecified atom stereocenters. The van der Waals surface area contributed by atoms with Crippen LogP contribution in [0, 0.1) is 0 Å². The number of ether oxygens (including phenoxy) is 2. The summed E-state index contributed by atoms with van der Waals surface area (Å²) in [6, 6.07) is 12.0. The van der Waals surface area contributed by atoms with Crippen molar-refractivity contribution in [3.63, 3.8) is 0 Å². The maximum absolute atomic E-state index is 5.59. The molecular weight excluding hydrogens is 382 g/mol. The molecule has 2 aromatic carbocycles. The highest BCUT2D eigenvalue weighted by atomic mass is 79.9. The van der Waals surface area contributed by atoms with Gasteiger partial charge in [0.2, 0.25) is 0 Å². The molecule has 0 amide bonds. The van der Waals surface area contributed by atoms with Gasteiger partial charge in [0, 0.05) is 24.0 Å². The van der Waals surface area contributed by atoms with Crippen LogP contribution in [0.3, 0.4) is 0 Å². The van der Waals surface area contributed by atoms with Crippen molar-refractivity contribution < 1.29 is 9.47 Å². The molecule has 0 bridgehead atoms. The van der Waals surface area contributed by atoms with Crippen molar-refractivity contribution in [1.82, 2.24) is 15.3 Å². The molecule has 6 heteroatoms. The molecule has 1 aromatic heterocycles. The minimum atomic E-state index is 0.609. The van der Waals surface area contributed by atoms with Gasteiger partial charge in [-0.05, 0) is 36.8 Å². The van der Waals surface area contributed by atoms with Crippen LogP contribution in [0.25, 0.3) is 11.0 Å². The fourth-order valence-corrected chi connectivity index (χ4v) is 3.16. The van der Waals surface area contributed by atoms with Crippen LogP contribution in [0.1, 0.15) is 18.3 Å². The van der Waals surface area contributed by atoms with Crippen LogP contribution in [0.2, 0.25) is 0 Å². The van der Waals surface area contributed by atoms with Gasteiger partial charge in [0.05, 0.1) is 24.8 Å². The van der Waals surface area contributed by atoms with E-state index in [1.807, 2.05) is 43.3 Å². The highest BCUT2D eigenvalue weighted by Gasteiger charge is 2.10. The molecule has 0 fully saturated rings. The van der Waals surface area contributed by atoms with E-state index >= 15 is 0 Å². The summed E-state index contributed by atoms with van der Waals surface area (Å²) in [5.74, 6) is 2.50. The first kappa shape index (κ1) is 17.8. The first-order chi connectivity index (χ1) is 12.2. The van der Waals surface area contributed by atoms with E-state index in [1.54, 1.807) is 7.11 Å². The lowest BCUT2D eigenvalue weighted by molar-refractivity contribution is 0.310. The SMILES string of the molecule is CCOc1cc(Br)c(CNCCc2nc3ccccc3[nH]2)cc1OC. The van der Waals surface area contributed by atoms with E-state index in [1.165, 1.54) is 0 Å². The summed E-state index contributed by atoms with van der Waals surface area (Å²) in [5.41, 5.74) is 3.22. The lowest BCUT2D eigenvalue weighted by atomic mass is 10.2. The number of aromatic amines is 1. The van der Waals surface area contributed by atoms with Crippen molar-refractivity contribution >= 4 is 27.0 Å². The normalized spacial score (nSPS) is 11.0. The molecule has 0 aliphatic rings. The predicted octanol–water partition coefficient (Wildman–Crippen LogP) is 4.07. The minimum absolute atomic E-state index is 0.609. The van der Waals surface area contributed by atoms with Crippen molar-refractivity contribution in [2.75, 3.05) is 20.3 Å². The lowest BCUT2D eigenvalue weighted by Crippen LogP contribution is -2.17. The molecule has 0 saturated carbocycles. The van der Waals surface area contributed by atoms with E-state index in [9.17, 15) is 0 Å². The van der Waals surface area contributed by atoms with Gasteiger partial charge in [0.1, 0.15) is 5.82 Å². The number of rotatable bonds is 8. The number of hydrogen-bond acceptors (Lipinski definition) is 4. The number of para-hydroxylation sites is 2. The van der Waals surface area contributed by atoms with Crippen LogP contribution in [0.15, 0.2) is 40.9 Å². The zero-order valence-corrected chi connectivity index (χ0v) is 16.0. The highest BCUT2D eigenvalue weighted by molar-refractivity contribution is 9.10. The van der Waals surface area contributed by atoms with Crippen molar-refractivity contribution in [3.05, 3.63) is 52.3 Å². The minimum Gasteiger partial charge on any atom is -0.493 e. The summed E-state index contributed by atoms with van der Waals surface area (Å²) in [6.45, 7) is 4.14. The fraction of sp³-hybridized carbons (Fsp3) is 0.316. The Morgan fingerprint density at radius 2 is 2.04 bits per heavy atom. The van der Waals surface area contributed by atoms with E-state index in [4.69, 9.17) is 9.47 Å². The van der Waals surface area contributed by atoms with Crippen LogP contribution < -0.4 is 14.8 Å². The molecule has 5 nitrogen and oxygen atoms in total. The second-order valence-electron chi connectivity index (χ2n) is 5.65. The van der Waals surface area contributed by atoms with E-state index in [-0.39, 0.29) is 0 Å². The summed E-state index contributed by atoms with van der Waals surface area (Å²) in [4.78, 5) is 7.94. The third-order valence-corrected chi connectivity index (χ3v) is 4.66. The topological polar surface area (TPSA) is 59.2 Å². The van der Waals surface area contributed by atoms with Gasteiger partial charge in [0.15, 0.2) is 11.5 Å². The van der Waals surface area contributed by atoms with E-state index in [0.29, 0.717) is 6.61 Å².